The number of esters is 2. The summed E-state index contributed by atoms with van der Waals surface area (Å²) in [5.41, 5.74) is -1.86. The molecule has 114 valence electrons. The Kier molecular flexibility index (Phi) is 5.01. The van der Waals surface area contributed by atoms with Gasteiger partial charge in [0.2, 0.25) is 12.4 Å². The van der Waals surface area contributed by atoms with Crippen molar-refractivity contribution in [3.05, 3.63) is 10.1 Å². The monoisotopic (exact) mass is 291 g/mol. The first-order valence-electron chi connectivity index (χ1n) is 5.86. The molecule has 1 aliphatic heterocycles. The van der Waals surface area contributed by atoms with Crippen LogP contribution < -0.4 is 0 Å². The Bertz CT molecular complexity index is 411. The first-order valence-corrected chi connectivity index (χ1v) is 5.86. The van der Waals surface area contributed by atoms with Gasteiger partial charge < -0.3 is 18.9 Å². The lowest BCUT2D eigenvalue weighted by Gasteiger charge is -2.41. The van der Waals surface area contributed by atoms with Crippen molar-refractivity contribution in [2.75, 3.05) is 13.7 Å². The van der Waals surface area contributed by atoms with Crippen LogP contribution in [-0.4, -0.2) is 54.6 Å². The van der Waals surface area contributed by atoms with Crippen LogP contribution in [0.25, 0.3) is 0 Å². The van der Waals surface area contributed by atoms with Crippen molar-refractivity contribution < 1.29 is 33.5 Å². The van der Waals surface area contributed by atoms with Gasteiger partial charge in [0.15, 0.2) is 6.10 Å². The van der Waals surface area contributed by atoms with Crippen molar-refractivity contribution in [3.63, 3.8) is 0 Å². The fourth-order valence-corrected chi connectivity index (χ4v) is 2.02. The molecule has 1 heterocycles. The number of hydrogen-bond donors (Lipinski definition) is 0. The molecule has 0 aromatic rings. The standard InChI is InChI=1S/C11H17NO8/c1-6(13)19-8-5-18-10(17-4)9(20-7(2)14)11(8,3)12(15)16/h8-10H,5H2,1-4H3/t8-,9+,10-,11+/m1/s1. The van der Waals surface area contributed by atoms with E-state index in [0.29, 0.717) is 0 Å². The highest BCUT2D eigenvalue weighted by Crippen LogP contribution is 2.33. The third-order valence-corrected chi connectivity index (χ3v) is 3.11. The van der Waals surface area contributed by atoms with E-state index in [0.717, 1.165) is 13.8 Å². The highest BCUT2D eigenvalue weighted by molar-refractivity contribution is 5.67. The third kappa shape index (κ3) is 3.05. The number of rotatable bonds is 4. The van der Waals surface area contributed by atoms with Gasteiger partial charge in [0, 0.05) is 32.8 Å². The summed E-state index contributed by atoms with van der Waals surface area (Å²) in [6.45, 7) is 3.24. The molecule has 0 amide bonds. The summed E-state index contributed by atoms with van der Waals surface area (Å²) >= 11 is 0. The number of nitrogens with zero attached hydrogens (tertiary/aromatic N) is 1. The van der Waals surface area contributed by atoms with Crippen LogP contribution in [0, 0.1) is 10.1 Å². The molecule has 0 saturated carbocycles. The fourth-order valence-electron chi connectivity index (χ4n) is 2.02. The molecule has 0 bridgehead atoms. The number of carbonyl (C=O) groups is 2. The van der Waals surface area contributed by atoms with E-state index in [1.165, 1.54) is 14.0 Å². The molecular formula is C11H17NO8. The number of methoxy groups -OCH3 is 1. The predicted octanol–water partition coefficient (Wildman–Crippen LogP) is -0.112. The molecule has 9 nitrogen and oxygen atoms in total. The lowest BCUT2D eigenvalue weighted by atomic mass is 9.86. The van der Waals surface area contributed by atoms with Gasteiger partial charge in [0.1, 0.15) is 0 Å². The summed E-state index contributed by atoms with van der Waals surface area (Å²) in [5, 5.41) is 11.4. The van der Waals surface area contributed by atoms with Crippen LogP contribution in [0.3, 0.4) is 0 Å². The third-order valence-electron chi connectivity index (χ3n) is 3.11. The van der Waals surface area contributed by atoms with E-state index in [4.69, 9.17) is 18.9 Å². The molecule has 1 rings (SSSR count). The maximum Gasteiger partial charge on any atom is 0.303 e. The Balaban J connectivity index is 3.17. The maximum absolute atomic E-state index is 11.4. The average Bonchev–Trinajstić information content (AvgIpc) is 2.33. The number of hydrogen-bond acceptors (Lipinski definition) is 8. The molecular weight excluding hydrogens is 274 g/mol. The summed E-state index contributed by atoms with van der Waals surface area (Å²) in [6.07, 6.45) is -3.63. The van der Waals surface area contributed by atoms with E-state index in [1.54, 1.807) is 0 Å². The summed E-state index contributed by atoms with van der Waals surface area (Å²) < 4.78 is 20.1. The molecule has 1 saturated heterocycles. The van der Waals surface area contributed by atoms with Gasteiger partial charge in [-0.05, 0) is 0 Å². The van der Waals surface area contributed by atoms with Crippen LogP contribution in [0.1, 0.15) is 20.8 Å². The van der Waals surface area contributed by atoms with Gasteiger partial charge in [-0.2, -0.15) is 0 Å². The normalized spacial score (nSPS) is 33.3. The quantitative estimate of drug-likeness (QED) is 0.400. The van der Waals surface area contributed by atoms with Crippen molar-refractivity contribution in [2.24, 2.45) is 0 Å². The maximum atomic E-state index is 11.4. The predicted molar refractivity (Wildman–Crippen MR) is 63.3 cm³/mol. The van der Waals surface area contributed by atoms with Gasteiger partial charge in [0.25, 0.3) is 5.54 Å². The number of carbonyl (C=O) groups excluding carboxylic acids is 2. The second-order valence-electron chi connectivity index (χ2n) is 4.55. The van der Waals surface area contributed by atoms with Gasteiger partial charge in [-0.1, -0.05) is 0 Å². The molecule has 0 unspecified atom stereocenters. The summed E-state index contributed by atoms with van der Waals surface area (Å²) in [5.74, 6) is -1.42. The molecule has 0 aromatic carbocycles. The number of nitro groups is 1. The molecule has 0 N–H and O–H groups in total. The zero-order valence-corrected chi connectivity index (χ0v) is 11.7. The zero-order valence-electron chi connectivity index (χ0n) is 11.7. The average molecular weight is 291 g/mol. The molecule has 0 aliphatic carbocycles. The smallest absolute Gasteiger partial charge is 0.303 e. The minimum absolute atomic E-state index is 0.229. The Labute approximate surface area is 115 Å². The van der Waals surface area contributed by atoms with E-state index in [2.05, 4.69) is 0 Å². The molecule has 0 radical (unpaired) electrons. The summed E-state index contributed by atoms with van der Waals surface area (Å²) in [6, 6.07) is 0. The van der Waals surface area contributed by atoms with Gasteiger partial charge in [-0.15, -0.1) is 0 Å². The zero-order chi connectivity index (χ0) is 15.5. The topological polar surface area (TPSA) is 114 Å². The molecule has 1 fully saturated rings. The van der Waals surface area contributed by atoms with Gasteiger partial charge in [-0.3, -0.25) is 19.7 Å². The van der Waals surface area contributed by atoms with Crippen LogP contribution >= 0.6 is 0 Å². The lowest BCUT2D eigenvalue weighted by molar-refractivity contribution is -0.604. The van der Waals surface area contributed by atoms with Crippen LogP contribution in [0.2, 0.25) is 0 Å². The number of ether oxygens (including phenoxy) is 4. The first-order chi connectivity index (χ1) is 9.23. The SMILES string of the molecule is CO[C@@H]1OC[C@@H](OC(C)=O)[C@](C)([N+](=O)[O-])[C@H]1OC(C)=O. The summed E-state index contributed by atoms with van der Waals surface area (Å²) in [4.78, 5) is 33.0. The van der Waals surface area contributed by atoms with Crippen LogP contribution in [0.15, 0.2) is 0 Å². The van der Waals surface area contributed by atoms with Gasteiger partial charge in [0.05, 0.1) is 6.61 Å². The highest BCUT2D eigenvalue weighted by Gasteiger charge is 2.63. The molecule has 4 atom stereocenters. The van der Waals surface area contributed by atoms with E-state index in [9.17, 15) is 19.7 Å². The second-order valence-corrected chi connectivity index (χ2v) is 4.55. The lowest BCUT2D eigenvalue weighted by Crippen LogP contribution is -2.67. The fraction of sp³-hybridized carbons (Fsp3) is 0.818. The van der Waals surface area contributed by atoms with Crippen LogP contribution in [0.4, 0.5) is 0 Å². The molecule has 9 heteroatoms. The molecule has 20 heavy (non-hydrogen) atoms. The first kappa shape index (κ1) is 16.3. The summed E-state index contributed by atoms with van der Waals surface area (Å²) in [7, 11) is 1.27. The molecule has 0 aromatic heterocycles. The second kappa shape index (κ2) is 6.14. The molecule has 1 aliphatic rings. The largest absolute Gasteiger partial charge is 0.452 e. The Morgan fingerprint density at radius 3 is 2.25 bits per heavy atom. The van der Waals surface area contributed by atoms with Crippen molar-refractivity contribution in [2.45, 2.75) is 44.8 Å². The Hall–Kier alpha value is -1.74. The van der Waals surface area contributed by atoms with Crippen molar-refractivity contribution >= 4 is 11.9 Å². The van der Waals surface area contributed by atoms with Crippen molar-refractivity contribution in [1.29, 1.82) is 0 Å². The van der Waals surface area contributed by atoms with Crippen molar-refractivity contribution in [3.8, 4) is 0 Å². The van der Waals surface area contributed by atoms with Gasteiger partial charge in [-0.25, -0.2) is 0 Å². The Morgan fingerprint density at radius 1 is 1.30 bits per heavy atom. The molecule has 0 spiro atoms. The van der Waals surface area contributed by atoms with Crippen LogP contribution in [-0.2, 0) is 28.5 Å². The van der Waals surface area contributed by atoms with Crippen molar-refractivity contribution in [1.82, 2.24) is 0 Å². The van der Waals surface area contributed by atoms with Gasteiger partial charge >= 0.3 is 11.9 Å². The minimum Gasteiger partial charge on any atom is -0.452 e. The minimum atomic E-state index is -1.86. The van der Waals surface area contributed by atoms with E-state index >= 15 is 0 Å². The van der Waals surface area contributed by atoms with E-state index in [-0.39, 0.29) is 6.61 Å². The van der Waals surface area contributed by atoms with Crippen LogP contribution in [0.5, 0.6) is 0 Å². The van der Waals surface area contributed by atoms with E-state index in [1.807, 2.05) is 0 Å². The van der Waals surface area contributed by atoms with E-state index < -0.39 is 40.9 Å². The Morgan fingerprint density at radius 2 is 1.85 bits per heavy atom. The highest BCUT2D eigenvalue weighted by atomic mass is 16.7.